The molecule has 1 heterocycles. The number of esters is 1. The first kappa shape index (κ1) is 9.86. The van der Waals surface area contributed by atoms with Crippen LogP contribution in [0, 0.1) is 5.92 Å². The van der Waals surface area contributed by atoms with Crippen LogP contribution in [0.4, 0.5) is 0 Å². The zero-order valence-corrected chi connectivity index (χ0v) is 8.10. The van der Waals surface area contributed by atoms with Crippen LogP contribution in [0.25, 0.3) is 0 Å². The van der Waals surface area contributed by atoms with E-state index >= 15 is 0 Å². The highest BCUT2D eigenvalue weighted by molar-refractivity contribution is 7.99. The van der Waals surface area contributed by atoms with E-state index in [2.05, 4.69) is 4.74 Å². The van der Waals surface area contributed by atoms with Gasteiger partial charge in [-0.2, -0.15) is 11.8 Å². The lowest BCUT2D eigenvalue weighted by Gasteiger charge is -2.17. The molecule has 2 N–H and O–H groups in total. The minimum absolute atomic E-state index is 0.00699. The topological polar surface area (TPSA) is 52.3 Å². The van der Waals surface area contributed by atoms with Gasteiger partial charge in [0.15, 0.2) is 0 Å². The number of methoxy groups -OCH3 is 1. The zero-order chi connectivity index (χ0) is 8.97. The third-order valence-corrected chi connectivity index (χ3v) is 3.24. The van der Waals surface area contributed by atoms with Gasteiger partial charge in [0.05, 0.1) is 13.0 Å². The number of hydrogen-bond donors (Lipinski definition) is 1. The Balaban J connectivity index is 2.52. The molecular weight excluding hydrogens is 174 g/mol. The average molecular weight is 189 g/mol. The van der Waals surface area contributed by atoms with Crippen LogP contribution in [0.1, 0.15) is 12.8 Å². The molecule has 3 nitrogen and oxygen atoms in total. The molecule has 0 unspecified atom stereocenters. The van der Waals surface area contributed by atoms with Gasteiger partial charge < -0.3 is 10.5 Å². The molecule has 0 radical (unpaired) electrons. The Kier molecular flexibility index (Phi) is 3.88. The summed E-state index contributed by atoms with van der Waals surface area (Å²) in [6.07, 6.45) is 1.78. The van der Waals surface area contributed by atoms with Gasteiger partial charge in [-0.15, -0.1) is 0 Å². The number of hydrogen-bond acceptors (Lipinski definition) is 4. The maximum Gasteiger partial charge on any atom is 0.310 e. The molecule has 1 aliphatic heterocycles. The Labute approximate surface area is 77.0 Å². The van der Waals surface area contributed by atoms with Crippen LogP contribution in [-0.2, 0) is 9.53 Å². The van der Waals surface area contributed by atoms with Crippen LogP contribution >= 0.6 is 11.8 Å². The van der Waals surface area contributed by atoms with Crippen molar-refractivity contribution in [1.29, 1.82) is 0 Å². The van der Waals surface area contributed by atoms with Gasteiger partial charge in [0.2, 0.25) is 0 Å². The van der Waals surface area contributed by atoms with Crippen LogP contribution in [0.2, 0.25) is 0 Å². The van der Waals surface area contributed by atoms with Crippen LogP contribution in [0.15, 0.2) is 0 Å². The molecule has 2 atom stereocenters. The Morgan fingerprint density at radius 3 is 2.83 bits per heavy atom. The molecule has 0 aromatic heterocycles. The van der Waals surface area contributed by atoms with Crippen molar-refractivity contribution in [2.45, 2.75) is 18.9 Å². The van der Waals surface area contributed by atoms with Crippen molar-refractivity contribution in [1.82, 2.24) is 0 Å². The highest BCUT2D eigenvalue weighted by Gasteiger charge is 2.27. The summed E-state index contributed by atoms with van der Waals surface area (Å²) >= 11 is 1.86. The fourth-order valence-corrected chi connectivity index (χ4v) is 2.45. The Morgan fingerprint density at radius 1 is 1.50 bits per heavy atom. The number of carbonyl (C=O) groups excluding carboxylic acids is 1. The molecule has 4 heteroatoms. The quantitative estimate of drug-likeness (QED) is 0.615. The fraction of sp³-hybridized carbons (Fsp3) is 0.875. The van der Waals surface area contributed by atoms with Crippen molar-refractivity contribution in [2.24, 2.45) is 11.7 Å². The molecule has 0 aliphatic carbocycles. The van der Waals surface area contributed by atoms with Gasteiger partial charge in [-0.05, 0) is 24.3 Å². The van der Waals surface area contributed by atoms with Gasteiger partial charge in [-0.3, -0.25) is 4.79 Å². The molecule has 0 aromatic rings. The van der Waals surface area contributed by atoms with Crippen molar-refractivity contribution in [3.63, 3.8) is 0 Å². The van der Waals surface area contributed by atoms with E-state index in [1.54, 1.807) is 0 Å². The maximum absolute atomic E-state index is 11.2. The molecule has 0 bridgehead atoms. The second-order valence-electron chi connectivity index (χ2n) is 2.98. The molecule has 0 saturated carbocycles. The van der Waals surface area contributed by atoms with E-state index in [4.69, 9.17) is 5.73 Å². The number of nitrogens with two attached hydrogens (primary N) is 1. The number of rotatable bonds is 1. The normalized spacial score (nSPS) is 30.8. The van der Waals surface area contributed by atoms with Crippen LogP contribution in [0.3, 0.4) is 0 Å². The fourth-order valence-electron chi connectivity index (χ4n) is 1.39. The standard InChI is InChI=1S/C8H15NO2S/c1-11-8(10)6-2-4-12-5-3-7(6)9/h6-7H,2-5,9H2,1H3/t6-,7+/m0/s1. The van der Waals surface area contributed by atoms with Gasteiger partial charge >= 0.3 is 5.97 Å². The summed E-state index contributed by atoms with van der Waals surface area (Å²) in [6.45, 7) is 0. The second-order valence-corrected chi connectivity index (χ2v) is 4.21. The van der Waals surface area contributed by atoms with Crippen molar-refractivity contribution >= 4 is 17.7 Å². The molecular formula is C8H15NO2S. The lowest BCUT2D eigenvalue weighted by molar-refractivity contribution is -0.146. The molecule has 12 heavy (non-hydrogen) atoms. The Morgan fingerprint density at radius 2 is 2.17 bits per heavy atom. The van der Waals surface area contributed by atoms with Crippen molar-refractivity contribution < 1.29 is 9.53 Å². The van der Waals surface area contributed by atoms with Crippen LogP contribution < -0.4 is 5.73 Å². The van der Waals surface area contributed by atoms with E-state index < -0.39 is 0 Å². The summed E-state index contributed by atoms with van der Waals surface area (Å²) < 4.78 is 4.69. The molecule has 70 valence electrons. The highest BCUT2D eigenvalue weighted by atomic mass is 32.2. The third-order valence-electron chi connectivity index (χ3n) is 2.19. The SMILES string of the molecule is COC(=O)[C@H]1CCSCC[C@H]1N. The number of ether oxygens (including phenoxy) is 1. The molecule has 1 saturated heterocycles. The van der Waals surface area contributed by atoms with Crippen LogP contribution in [-0.4, -0.2) is 30.6 Å². The predicted molar refractivity (Wildman–Crippen MR) is 50.0 cm³/mol. The molecule has 0 aromatic carbocycles. The summed E-state index contributed by atoms with van der Waals surface area (Å²) in [5, 5.41) is 0. The van der Waals surface area contributed by atoms with E-state index in [1.807, 2.05) is 11.8 Å². The van der Waals surface area contributed by atoms with E-state index in [-0.39, 0.29) is 17.9 Å². The van der Waals surface area contributed by atoms with Gasteiger partial charge in [-0.25, -0.2) is 0 Å². The van der Waals surface area contributed by atoms with E-state index in [0.29, 0.717) is 0 Å². The van der Waals surface area contributed by atoms with Gasteiger partial charge in [0.1, 0.15) is 0 Å². The van der Waals surface area contributed by atoms with Crippen LogP contribution in [0.5, 0.6) is 0 Å². The highest BCUT2D eigenvalue weighted by Crippen LogP contribution is 2.22. The minimum atomic E-state index is -0.148. The molecule has 1 rings (SSSR count). The predicted octanol–water partition coefficient (Wildman–Crippen LogP) is 0.630. The number of carbonyl (C=O) groups is 1. The Hall–Kier alpha value is -0.220. The second kappa shape index (κ2) is 4.72. The first-order valence-electron chi connectivity index (χ1n) is 4.17. The average Bonchev–Trinajstić information content (AvgIpc) is 2.28. The maximum atomic E-state index is 11.2. The minimum Gasteiger partial charge on any atom is -0.469 e. The monoisotopic (exact) mass is 189 g/mol. The Bertz CT molecular complexity index is 163. The smallest absolute Gasteiger partial charge is 0.310 e. The lowest BCUT2D eigenvalue weighted by Crippen LogP contribution is -2.35. The van der Waals surface area contributed by atoms with Gasteiger partial charge in [0, 0.05) is 6.04 Å². The molecule has 0 spiro atoms. The lowest BCUT2D eigenvalue weighted by atomic mass is 9.96. The summed E-state index contributed by atoms with van der Waals surface area (Å²) in [4.78, 5) is 11.2. The summed E-state index contributed by atoms with van der Waals surface area (Å²) in [5.41, 5.74) is 5.84. The van der Waals surface area contributed by atoms with E-state index in [0.717, 1.165) is 24.3 Å². The van der Waals surface area contributed by atoms with Crippen molar-refractivity contribution in [3.8, 4) is 0 Å². The number of thioether (sulfide) groups is 1. The van der Waals surface area contributed by atoms with Crippen molar-refractivity contribution in [2.75, 3.05) is 18.6 Å². The third kappa shape index (κ3) is 2.38. The summed E-state index contributed by atoms with van der Waals surface area (Å²) in [5.74, 6) is 1.86. The van der Waals surface area contributed by atoms with E-state index in [1.165, 1.54) is 7.11 Å². The first-order chi connectivity index (χ1) is 5.75. The summed E-state index contributed by atoms with van der Waals surface area (Å²) in [6, 6.07) is -0.00699. The largest absolute Gasteiger partial charge is 0.469 e. The first-order valence-corrected chi connectivity index (χ1v) is 5.32. The zero-order valence-electron chi connectivity index (χ0n) is 7.29. The molecule has 0 amide bonds. The summed E-state index contributed by atoms with van der Waals surface area (Å²) in [7, 11) is 1.42. The van der Waals surface area contributed by atoms with Gasteiger partial charge in [0.25, 0.3) is 0 Å². The van der Waals surface area contributed by atoms with Crippen molar-refractivity contribution in [3.05, 3.63) is 0 Å². The van der Waals surface area contributed by atoms with E-state index in [9.17, 15) is 4.79 Å². The molecule has 1 fully saturated rings. The molecule has 1 aliphatic rings. The van der Waals surface area contributed by atoms with Gasteiger partial charge in [-0.1, -0.05) is 0 Å².